The summed E-state index contributed by atoms with van der Waals surface area (Å²) in [6.07, 6.45) is 0.774. The lowest BCUT2D eigenvalue weighted by Gasteiger charge is -2.29. The van der Waals surface area contributed by atoms with Crippen molar-refractivity contribution in [2.75, 3.05) is 27.7 Å². The fourth-order valence-electron chi connectivity index (χ4n) is 1.87. The van der Waals surface area contributed by atoms with Gasteiger partial charge in [-0.05, 0) is 25.5 Å². The van der Waals surface area contributed by atoms with Crippen molar-refractivity contribution in [3.8, 4) is 0 Å². The van der Waals surface area contributed by atoms with Gasteiger partial charge < -0.3 is 9.05 Å². The third-order valence-corrected chi connectivity index (χ3v) is 5.10. The van der Waals surface area contributed by atoms with E-state index in [-0.39, 0.29) is 6.10 Å². The quantitative estimate of drug-likeness (QED) is 0.612. The van der Waals surface area contributed by atoms with Crippen LogP contribution in [0.4, 0.5) is 5.69 Å². The highest BCUT2D eigenvalue weighted by Crippen LogP contribution is 2.51. The summed E-state index contributed by atoms with van der Waals surface area (Å²) in [4.78, 5) is 0. The Labute approximate surface area is 109 Å². The maximum Gasteiger partial charge on any atom is 0.361 e. The normalized spacial score (nSPS) is 29.2. The highest BCUT2D eigenvalue weighted by Gasteiger charge is 2.34. The van der Waals surface area contributed by atoms with E-state index in [1.54, 1.807) is 0 Å². The zero-order valence-corrected chi connectivity index (χ0v) is 12.3. The van der Waals surface area contributed by atoms with E-state index in [9.17, 15) is 4.57 Å². The first-order valence-electron chi connectivity index (χ1n) is 6.17. The Morgan fingerprint density at radius 1 is 1.33 bits per heavy atom. The van der Waals surface area contributed by atoms with Gasteiger partial charge >= 0.3 is 7.60 Å². The first-order valence-corrected chi connectivity index (χ1v) is 7.71. The highest BCUT2D eigenvalue weighted by molar-refractivity contribution is 7.62. The van der Waals surface area contributed by atoms with Gasteiger partial charge in [-0.2, -0.15) is 0 Å². The maximum atomic E-state index is 12.7. The van der Waals surface area contributed by atoms with Gasteiger partial charge in [0.25, 0.3) is 0 Å². The van der Waals surface area contributed by atoms with E-state index in [4.69, 9.17) is 9.05 Å². The molecule has 2 rings (SSSR count). The van der Waals surface area contributed by atoms with Crippen molar-refractivity contribution < 1.29 is 13.6 Å². The van der Waals surface area contributed by atoms with Crippen LogP contribution in [0.25, 0.3) is 0 Å². The van der Waals surface area contributed by atoms with Crippen LogP contribution in [0.5, 0.6) is 0 Å². The van der Waals surface area contributed by atoms with Crippen molar-refractivity contribution >= 4 is 18.6 Å². The lowest BCUT2D eigenvalue weighted by molar-refractivity contribution is 0.0988. The largest absolute Gasteiger partial charge is 0.361 e. The number of hydrogen-bond donors (Lipinski definition) is 0. The van der Waals surface area contributed by atoms with Crippen molar-refractivity contribution in [2.45, 2.75) is 19.4 Å². The van der Waals surface area contributed by atoms with Crippen LogP contribution < -0.4 is 9.79 Å². The van der Waals surface area contributed by atoms with E-state index in [1.807, 2.05) is 31.2 Å². The van der Waals surface area contributed by atoms with Gasteiger partial charge in [0.2, 0.25) is 0 Å². The van der Waals surface area contributed by atoms with Crippen molar-refractivity contribution in [2.24, 2.45) is 0 Å². The molecule has 0 aromatic heterocycles. The van der Waals surface area contributed by atoms with Crippen molar-refractivity contribution in [1.29, 1.82) is 0 Å². The predicted molar refractivity (Wildman–Crippen MR) is 74.4 cm³/mol. The van der Waals surface area contributed by atoms with E-state index in [1.165, 1.54) is 0 Å². The molecule has 100 valence electrons. The minimum absolute atomic E-state index is 0.0163. The van der Waals surface area contributed by atoms with Crippen LogP contribution in [0.15, 0.2) is 24.3 Å². The Balaban J connectivity index is 2.36. The van der Waals surface area contributed by atoms with Crippen LogP contribution in [0.3, 0.4) is 0 Å². The van der Waals surface area contributed by atoms with E-state index in [0.29, 0.717) is 16.4 Å². The first kappa shape index (κ1) is 13.8. The van der Waals surface area contributed by atoms with E-state index in [2.05, 4.69) is 21.1 Å². The SMILES string of the molecule is CC1CCOP(=O)(c2cccc([N+](C)(C)C)c2)O1. The molecule has 0 bridgehead atoms. The molecule has 0 amide bonds. The molecule has 18 heavy (non-hydrogen) atoms. The van der Waals surface area contributed by atoms with Crippen LogP contribution in [0, 0.1) is 0 Å². The topological polar surface area (TPSA) is 35.5 Å². The Bertz CT molecular complexity index is 481. The molecule has 1 aromatic carbocycles. The first-order chi connectivity index (χ1) is 8.31. The summed E-state index contributed by atoms with van der Waals surface area (Å²) in [6.45, 7) is 2.42. The zero-order valence-electron chi connectivity index (χ0n) is 11.4. The van der Waals surface area contributed by atoms with E-state index < -0.39 is 7.60 Å². The molecular weight excluding hydrogens is 249 g/mol. The van der Waals surface area contributed by atoms with Gasteiger partial charge in [-0.1, -0.05) is 6.07 Å². The summed E-state index contributed by atoms with van der Waals surface area (Å²) in [5, 5.41) is 0.652. The molecule has 1 aromatic rings. The molecule has 0 aliphatic carbocycles. The number of quaternary nitrogens is 1. The summed E-state index contributed by atoms with van der Waals surface area (Å²) in [5.74, 6) is 0. The summed E-state index contributed by atoms with van der Waals surface area (Å²) in [7, 11) is 3.08. The number of nitrogens with zero attached hydrogens (tertiary/aromatic N) is 1. The fraction of sp³-hybridized carbons (Fsp3) is 0.538. The van der Waals surface area contributed by atoms with E-state index in [0.717, 1.165) is 12.1 Å². The molecule has 4 nitrogen and oxygen atoms in total. The molecule has 0 N–H and O–H groups in total. The molecule has 1 saturated heterocycles. The van der Waals surface area contributed by atoms with Crippen LogP contribution in [0.2, 0.25) is 0 Å². The van der Waals surface area contributed by atoms with Crippen LogP contribution >= 0.6 is 7.60 Å². The highest BCUT2D eigenvalue weighted by atomic mass is 31.2. The minimum Gasteiger partial charge on any atom is -0.305 e. The van der Waals surface area contributed by atoms with Crippen LogP contribution in [-0.4, -0.2) is 33.9 Å². The van der Waals surface area contributed by atoms with Gasteiger partial charge in [0, 0.05) is 6.07 Å². The zero-order chi connectivity index (χ0) is 13.4. The number of rotatable bonds is 2. The second-order valence-corrected chi connectivity index (χ2v) is 7.55. The number of benzene rings is 1. The van der Waals surface area contributed by atoms with Gasteiger partial charge in [0.05, 0.1) is 39.2 Å². The standard InChI is InChI=1S/C13H21NO3P/c1-11-8-9-16-18(15,17-11)13-7-5-6-12(10-13)14(2,3)4/h5-7,10-11H,8-9H2,1-4H3/q+1. The molecule has 1 aliphatic rings. The molecule has 1 aliphatic heterocycles. The molecule has 2 unspecified atom stereocenters. The summed E-state index contributed by atoms with van der Waals surface area (Å²) in [5.41, 5.74) is 1.08. The minimum atomic E-state index is -3.13. The van der Waals surface area contributed by atoms with Crippen LogP contribution in [-0.2, 0) is 13.6 Å². The number of hydrogen-bond acceptors (Lipinski definition) is 3. The maximum absolute atomic E-state index is 12.7. The van der Waals surface area contributed by atoms with Gasteiger partial charge in [0.15, 0.2) is 0 Å². The Morgan fingerprint density at radius 3 is 2.67 bits per heavy atom. The van der Waals surface area contributed by atoms with Gasteiger partial charge in [-0.25, -0.2) is 0 Å². The van der Waals surface area contributed by atoms with Crippen molar-refractivity contribution in [3.63, 3.8) is 0 Å². The Morgan fingerprint density at radius 2 is 2.06 bits per heavy atom. The lowest BCUT2D eigenvalue weighted by atomic mass is 10.3. The monoisotopic (exact) mass is 270 g/mol. The second-order valence-electron chi connectivity index (χ2n) is 5.57. The second kappa shape index (κ2) is 4.78. The average Bonchev–Trinajstić information content (AvgIpc) is 2.28. The predicted octanol–water partition coefficient (Wildman–Crippen LogP) is 2.53. The van der Waals surface area contributed by atoms with Crippen molar-refractivity contribution in [1.82, 2.24) is 4.48 Å². The molecule has 1 fully saturated rings. The van der Waals surface area contributed by atoms with Crippen LogP contribution in [0.1, 0.15) is 13.3 Å². The van der Waals surface area contributed by atoms with Gasteiger partial charge in [-0.15, -0.1) is 0 Å². The smallest absolute Gasteiger partial charge is 0.305 e. The lowest BCUT2D eigenvalue weighted by Crippen LogP contribution is -2.35. The van der Waals surface area contributed by atoms with Gasteiger partial charge in [-0.3, -0.25) is 9.05 Å². The summed E-state index contributed by atoms with van der Waals surface area (Å²) >= 11 is 0. The Kier molecular flexibility index (Phi) is 3.65. The summed E-state index contributed by atoms with van der Waals surface area (Å²) < 4.78 is 24.3. The fourth-order valence-corrected chi connectivity index (χ4v) is 3.69. The Hall–Kier alpha value is -0.670. The molecule has 0 radical (unpaired) electrons. The molecular formula is C13H21NO3P+. The molecule has 2 atom stereocenters. The van der Waals surface area contributed by atoms with Crippen molar-refractivity contribution in [3.05, 3.63) is 24.3 Å². The third kappa shape index (κ3) is 2.83. The molecule has 5 heteroatoms. The van der Waals surface area contributed by atoms with Gasteiger partial charge in [0.1, 0.15) is 5.69 Å². The molecule has 1 heterocycles. The third-order valence-electron chi connectivity index (χ3n) is 3.02. The molecule has 0 spiro atoms. The molecule has 0 saturated carbocycles. The van der Waals surface area contributed by atoms with E-state index >= 15 is 0 Å². The summed E-state index contributed by atoms with van der Waals surface area (Å²) in [6, 6.07) is 7.65. The average molecular weight is 270 g/mol.